The summed E-state index contributed by atoms with van der Waals surface area (Å²) in [4.78, 5) is 10.7. The van der Waals surface area contributed by atoms with Crippen LogP contribution in [-0.4, -0.2) is 26.0 Å². The molecule has 0 amide bonds. The van der Waals surface area contributed by atoms with Crippen LogP contribution in [0.15, 0.2) is 29.2 Å². The number of hydrogen-bond acceptors (Lipinski definition) is 3. The Labute approximate surface area is 120 Å². The number of rotatable bonds is 9. The molecule has 0 atom stereocenters. The Morgan fingerprint density at radius 1 is 1.15 bits per heavy atom. The highest BCUT2D eigenvalue weighted by atomic mass is 32.2. The average Bonchev–Trinajstić information content (AvgIpc) is 2.38. The molecule has 0 aliphatic rings. The Kier molecular flexibility index (Phi) is 6.67. The van der Waals surface area contributed by atoms with Crippen LogP contribution in [0.4, 0.5) is 0 Å². The maximum atomic E-state index is 12.0. The summed E-state index contributed by atoms with van der Waals surface area (Å²) in [6.45, 7) is 2.53. The minimum Gasteiger partial charge on any atom is -0.481 e. The molecule has 0 unspecified atom stereocenters. The molecule has 0 bridgehead atoms. The number of aliphatic carboxylic acids is 1. The van der Waals surface area contributed by atoms with Crippen molar-refractivity contribution in [3.63, 3.8) is 0 Å². The van der Waals surface area contributed by atoms with Crippen molar-refractivity contribution in [2.45, 2.75) is 43.9 Å². The molecule has 0 aliphatic carbocycles. The van der Waals surface area contributed by atoms with Gasteiger partial charge in [0.15, 0.2) is 0 Å². The Morgan fingerprint density at radius 3 is 2.35 bits per heavy atom. The first-order chi connectivity index (χ1) is 9.45. The molecule has 0 aromatic heterocycles. The average molecular weight is 299 g/mol. The second kappa shape index (κ2) is 8.01. The quantitative estimate of drug-likeness (QED) is 0.685. The van der Waals surface area contributed by atoms with Crippen LogP contribution in [-0.2, 0) is 21.2 Å². The fraction of sp³-hybridized carbons (Fsp3) is 0.500. The van der Waals surface area contributed by atoms with E-state index in [4.69, 9.17) is 5.11 Å². The number of carboxylic acids is 1. The molecule has 5 nitrogen and oxygen atoms in total. The number of carboxylic acid groups (broad SMARTS) is 1. The van der Waals surface area contributed by atoms with E-state index in [-0.39, 0.29) is 11.3 Å². The Hall–Kier alpha value is -1.40. The van der Waals surface area contributed by atoms with Crippen molar-refractivity contribution in [1.82, 2.24) is 4.72 Å². The first-order valence-corrected chi connectivity index (χ1v) is 8.24. The topological polar surface area (TPSA) is 83.5 Å². The number of hydrogen-bond donors (Lipinski definition) is 2. The van der Waals surface area contributed by atoms with Crippen molar-refractivity contribution in [2.75, 3.05) is 6.54 Å². The van der Waals surface area contributed by atoms with Gasteiger partial charge in [0, 0.05) is 6.54 Å². The zero-order chi connectivity index (χ0) is 15.0. The highest BCUT2D eigenvalue weighted by Crippen LogP contribution is 2.11. The summed E-state index contributed by atoms with van der Waals surface area (Å²) in [7, 11) is -3.49. The molecule has 2 N–H and O–H groups in total. The third-order valence-electron chi connectivity index (χ3n) is 2.91. The Balaban J connectivity index is 2.56. The van der Waals surface area contributed by atoms with Crippen molar-refractivity contribution in [2.24, 2.45) is 0 Å². The van der Waals surface area contributed by atoms with Crippen LogP contribution in [0.3, 0.4) is 0 Å². The van der Waals surface area contributed by atoms with Gasteiger partial charge in [-0.05, 0) is 24.1 Å². The number of sulfonamides is 1. The highest BCUT2D eigenvalue weighted by Gasteiger charge is 2.13. The Bertz CT molecular complexity index is 523. The van der Waals surface area contributed by atoms with Crippen molar-refractivity contribution in [3.05, 3.63) is 29.8 Å². The number of unbranched alkanes of at least 4 members (excludes halogenated alkanes) is 3. The van der Waals surface area contributed by atoms with E-state index in [0.29, 0.717) is 12.1 Å². The van der Waals surface area contributed by atoms with Gasteiger partial charge in [0.2, 0.25) is 10.0 Å². The molecule has 0 saturated heterocycles. The molecule has 0 aliphatic heterocycles. The van der Waals surface area contributed by atoms with Crippen LogP contribution >= 0.6 is 0 Å². The van der Waals surface area contributed by atoms with Gasteiger partial charge in [-0.2, -0.15) is 0 Å². The summed E-state index contributed by atoms with van der Waals surface area (Å²) in [6.07, 6.45) is 3.94. The van der Waals surface area contributed by atoms with E-state index in [1.54, 1.807) is 0 Å². The molecular weight excluding hydrogens is 278 g/mol. The van der Waals surface area contributed by atoms with Crippen molar-refractivity contribution < 1.29 is 18.3 Å². The molecule has 20 heavy (non-hydrogen) atoms. The van der Waals surface area contributed by atoms with Crippen molar-refractivity contribution in [3.8, 4) is 0 Å². The van der Waals surface area contributed by atoms with Gasteiger partial charge in [-0.3, -0.25) is 4.79 Å². The van der Waals surface area contributed by atoms with Crippen LogP contribution in [0.2, 0.25) is 0 Å². The van der Waals surface area contributed by atoms with Crippen LogP contribution < -0.4 is 4.72 Å². The molecule has 0 heterocycles. The van der Waals surface area contributed by atoms with Gasteiger partial charge in [-0.1, -0.05) is 38.3 Å². The van der Waals surface area contributed by atoms with E-state index < -0.39 is 16.0 Å². The third-order valence-corrected chi connectivity index (χ3v) is 4.39. The predicted molar refractivity (Wildman–Crippen MR) is 77.1 cm³/mol. The zero-order valence-electron chi connectivity index (χ0n) is 11.6. The highest BCUT2D eigenvalue weighted by molar-refractivity contribution is 7.89. The molecular formula is C14H21NO4S. The molecule has 1 rings (SSSR count). The van der Waals surface area contributed by atoms with E-state index in [0.717, 1.165) is 25.7 Å². The predicted octanol–water partition coefficient (Wildman–Crippen LogP) is 2.17. The number of carbonyl (C=O) groups is 1. The molecule has 0 saturated carbocycles. The number of nitrogens with one attached hydrogen (secondary N) is 1. The van der Waals surface area contributed by atoms with Gasteiger partial charge in [0.05, 0.1) is 11.3 Å². The summed E-state index contributed by atoms with van der Waals surface area (Å²) in [5.74, 6) is -0.936. The molecule has 1 aromatic rings. The van der Waals surface area contributed by atoms with Gasteiger partial charge in [0.25, 0.3) is 0 Å². The van der Waals surface area contributed by atoms with Crippen LogP contribution in [0, 0.1) is 0 Å². The fourth-order valence-electron chi connectivity index (χ4n) is 1.80. The largest absolute Gasteiger partial charge is 0.481 e. The lowest BCUT2D eigenvalue weighted by Crippen LogP contribution is -2.24. The summed E-state index contributed by atoms with van der Waals surface area (Å²) < 4.78 is 26.5. The van der Waals surface area contributed by atoms with Gasteiger partial charge >= 0.3 is 5.97 Å². The molecule has 112 valence electrons. The first-order valence-electron chi connectivity index (χ1n) is 6.76. The lowest BCUT2D eigenvalue weighted by molar-refractivity contribution is -0.136. The molecule has 6 heteroatoms. The van der Waals surface area contributed by atoms with Crippen LogP contribution in [0.1, 0.15) is 38.2 Å². The van der Waals surface area contributed by atoms with E-state index in [2.05, 4.69) is 11.6 Å². The normalized spacial score (nSPS) is 11.4. The second-order valence-electron chi connectivity index (χ2n) is 4.67. The second-order valence-corrected chi connectivity index (χ2v) is 6.44. The molecule has 1 aromatic carbocycles. The minimum absolute atomic E-state index is 0.106. The van der Waals surface area contributed by atoms with E-state index >= 15 is 0 Å². The van der Waals surface area contributed by atoms with Crippen LogP contribution in [0.5, 0.6) is 0 Å². The van der Waals surface area contributed by atoms with Crippen molar-refractivity contribution >= 4 is 16.0 Å². The Morgan fingerprint density at radius 2 is 1.80 bits per heavy atom. The molecule has 0 fully saturated rings. The van der Waals surface area contributed by atoms with Crippen molar-refractivity contribution in [1.29, 1.82) is 0 Å². The van der Waals surface area contributed by atoms with Gasteiger partial charge in [-0.15, -0.1) is 0 Å². The maximum absolute atomic E-state index is 12.0. The lowest BCUT2D eigenvalue weighted by atomic mass is 10.2. The third kappa shape index (κ3) is 5.71. The van der Waals surface area contributed by atoms with Gasteiger partial charge in [0.1, 0.15) is 0 Å². The zero-order valence-corrected chi connectivity index (χ0v) is 12.4. The van der Waals surface area contributed by atoms with Crippen LogP contribution in [0.25, 0.3) is 0 Å². The molecule has 0 spiro atoms. The molecule has 0 radical (unpaired) electrons. The SMILES string of the molecule is CCCCCCNS(=O)(=O)c1ccc(CC(=O)O)cc1. The summed E-state index contributed by atoms with van der Waals surface area (Å²) >= 11 is 0. The monoisotopic (exact) mass is 299 g/mol. The van der Waals surface area contributed by atoms with Gasteiger partial charge < -0.3 is 5.11 Å². The fourth-order valence-corrected chi connectivity index (χ4v) is 2.88. The number of benzene rings is 1. The first kappa shape index (κ1) is 16.7. The lowest BCUT2D eigenvalue weighted by Gasteiger charge is -2.07. The maximum Gasteiger partial charge on any atom is 0.307 e. The standard InChI is InChI=1S/C14H21NO4S/c1-2-3-4-5-10-15-20(18,19)13-8-6-12(7-9-13)11-14(16)17/h6-9,15H,2-5,10-11H2,1H3,(H,16,17). The van der Waals surface area contributed by atoms with E-state index in [1.165, 1.54) is 24.3 Å². The summed E-state index contributed by atoms with van der Waals surface area (Å²) in [6, 6.07) is 5.93. The smallest absolute Gasteiger partial charge is 0.307 e. The summed E-state index contributed by atoms with van der Waals surface area (Å²) in [5, 5.41) is 8.65. The minimum atomic E-state index is -3.49. The van der Waals surface area contributed by atoms with E-state index in [9.17, 15) is 13.2 Å². The summed E-state index contributed by atoms with van der Waals surface area (Å²) in [5.41, 5.74) is 0.583. The van der Waals surface area contributed by atoms with E-state index in [1.807, 2.05) is 0 Å². The van der Waals surface area contributed by atoms with Gasteiger partial charge in [-0.25, -0.2) is 13.1 Å².